The quantitative estimate of drug-likeness (QED) is 0.222. The molecule has 0 radical (unpaired) electrons. The summed E-state index contributed by atoms with van der Waals surface area (Å²) >= 11 is 0. The predicted molar refractivity (Wildman–Crippen MR) is 111 cm³/mol. The molecule has 0 aromatic rings. The monoisotopic (exact) mass is 425 g/mol. The topological polar surface area (TPSA) is 105 Å². The van der Waals surface area contributed by atoms with Crippen molar-refractivity contribution >= 4 is 17.8 Å². The molecule has 29 heavy (non-hydrogen) atoms. The van der Waals surface area contributed by atoms with Crippen LogP contribution in [0.1, 0.15) is 38.5 Å². The molecule has 166 valence electrons. The smallest absolute Gasteiger partial charge is 0.303 e. The van der Waals surface area contributed by atoms with Crippen molar-refractivity contribution < 1.29 is 19.5 Å². The number of carboxylic acid groups (broad SMARTS) is 1. The molecule has 2 aliphatic rings. The number of rotatable bonds is 12. The fourth-order valence-corrected chi connectivity index (χ4v) is 3.91. The van der Waals surface area contributed by atoms with Gasteiger partial charge in [0.05, 0.1) is 6.54 Å². The highest BCUT2D eigenvalue weighted by molar-refractivity contribution is 5.78. The van der Waals surface area contributed by atoms with Gasteiger partial charge in [-0.3, -0.25) is 24.2 Å². The second-order valence-corrected chi connectivity index (χ2v) is 8.17. The minimum Gasteiger partial charge on any atom is -0.481 e. The lowest BCUT2D eigenvalue weighted by Crippen LogP contribution is -2.50. The molecule has 0 aliphatic carbocycles. The zero-order chi connectivity index (χ0) is 21.1. The molecule has 1 atom stereocenters. The standard InChI is InChI=1S/C20H37N5O4/c1-23-11-13-24(14-12-23)15-17-5-4-10-25(17)16-19(27)22-8-2-6-18(26)21-9-3-7-20(28)29/h17H,2-16H2,1H3,(H,21,26)(H,22,27)(H,28,29)/i4+1,5+1,10+1,11+1,12+1,13+1,14+1,15+1,17+1,18+1,20+1,21+1,22+1,23+1. The number of likely N-dealkylation sites (N-methyl/N-ethyl adjacent to an activating group) is 1. The van der Waals surface area contributed by atoms with Crippen LogP contribution in [-0.4, -0.2) is 110 Å². The molecule has 0 spiro atoms. The number of carbonyl (C=O) groups excluding carboxylic acids is 2. The first-order valence-corrected chi connectivity index (χ1v) is 10.8. The maximum atomic E-state index is 12.3. The molecule has 0 bridgehead atoms. The van der Waals surface area contributed by atoms with Gasteiger partial charge in [-0.1, -0.05) is 0 Å². The molecule has 2 aliphatic heterocycles. The summed E-state index contributed by atoms with van der Waals surface area (Å²) < 4.78 is 0. The van der Waals surface area contributed by atoms with Crippen molar-refractivity contribution in [3.05, 3.63) is 0 Å². The van der Waals surface area contributed by atoms with Crippen LogP contribution in [0, 0.1) is 0 Å². The average Bonchev–Trinajstić information content (AvgIpc) is 3.10. The van der Waals surface area contributed by atoms with Crippen molar-refractivity contribution in [2.45, 2.75) is 44.6 Å². The van der Waals surface area contributed by atoms with E-state index in [1.807, 2.05) is 0 Å². The summed E-state index contributed by atoms with van der Waals surface area (Å²) in [6.45, 7) is 7.74. The summed E-state index contributed by atoms with van der Waals surface area (Å²) in [5, 5.41) is 14.2. The van der Waals surface area contributed by atoms with Gasteiger partial charge in [-0.2, -0.15) is 0 Å². The van der Waals surface area contributed by atoms with E-state index in [1.165, 1.54) is 0 Å². The number of aliphatic carboxylic acids is 1. The summed E-state index contributed by atoms with van der Waals surface area (Å²) in [6, 6.07) is 0.459. The Morgan fingerprint density at radius 1 is 0.931 bits per heavy atom. The second kappa shape index (κ2) is 12.8. The molecule has 3 N–H and O–H groups in total. The Balaban J connectivity index is 1.55. The lowest BCUT2D eigenvalue weighted by atomic mass is 10.4. The summed E-state index contributed by atoms with van der Waals surface area (Å²) in [4.78, 5) is 41.5. The highest BCUT2D eigenvalue weighted by Gasteiger charge is 2.28. The molecule has 2 saturated heterocycles. The van der Waals surface area contributed by atoms with E-state index in [0.717, 1.165) is 52.1 Å². The second-order valence-electron chi connectivity index (χ2n) is 8.17. The van der Waals surface area contributed by atoms with Crippen molar-refractivity contribution in [2.24, 2.45) is 0 Å². The van der Waals surface area contributed by atoms with Crippen LogP contribution >= 0.6 is 0 Å². The Morgan fingerprint density at radius 2 is 1.59 bits per heavy atom. The van der Waals surface area contributed by atoms with Crippen LogP contribution in [0.3, 0.4) is 0 Å². The van der Waals surface area contributed by atoms with Crippen LogP contribution in [0.5, 0.6) is 0 Å². The van der Waals surface area contributed by atoms with Crippen LogP contribution in [0.15, 0.2) is 0 Å². The first kappa shape index (κ1) is 23.6. The number of likely N-dealkylation sites (tertiary alicyclic amines) is 1. The van der Waals surface area contributed by atoms with Crippen LogP contribution in [0.2, 0.25) is 0 Å². The van der Waals surface area contributed by atoms with Crippen LogP contribution < -0.4 is 10.6 Å². The number of carboxylic acids is 1. The van der Waals surface area contributed by atoms with Crippen molar-refractivity contribution in [1.29, 1.82) is 0 Å². The van der Waals surface area contributed by atoms with Gasteiger partial charge in [0.25, 0.3) is 0 Å². The van der Waals surface area contributed by atoms with E-state index in [0.29, 0.717) is 44.9 Å². The Hall–Kier alpha value is -1.71. The van der Waals surface area contributed by atoms with Crippen molar-refractivity contribution in [2.75, 3.05) is 66.0 Å². The Morgan fingerprint density at radius 3 is 2.28 bits per heavy atom. The zero-order valence-corrected chi connectivity index (χ0v) is 17.7. The van der Waals surface area contributed by atoms with Gasteiger partial charge in [-0.15, -0.1) is 0 Å². The molecule has 1 unspecified atom stereocenters. The van der Waals surface area contributed by atoms with Gasteiger partial charge < -0.3 is 20.6 Å². The third-order valence-corrected chi connectivity index (χ3v) is 5.70. The first-order valence-electron chi connectivity index (χ1n) is 10.8. The fourth-order valence-electron chi connectivity index (χ4n) is 3.91. The van der Waals surface area contributed by atoms with E-state index in [1.54, 1.807) is 0 Å². The van der Waals surface area contributed by atoms with Crippen LogP contribution in [0.4, 0.5) is 0 Å². The Kier molecular flexibility index (Phi) is 10.4. The van der Waals surface area contributed by atoms with Gasteiger partial charge in [0.1, 0.15) is 0 Å². The molecular weight excluding hydrogens is 388 g/mol. The normalized spacial score (nSPS) is 21.2. The maximum Gasteiger partial charge on any atom is 0.303 e. The summed E-state index contributed by atoms with van der Waals surface area (Å²) in [7, 11) is 2.16. The maximum absolute atomic E-state index is 12.3. The fraction of sp³-hybridized carbons (Fsp3) is 0.850. The van der Waals surface area contributed by atoms with E-state index in [9.17, 15) is 14.4 Å². The van der Waals surface area contributed by atoms with Gasteiger partial charge in [-0.25, -0.2) is 0 Å². The van der Waals surface area contributed by atoms with Crippen molar-refractivity contribution in [3.8, 4) is 0 Å². The van der Waals surface area contributed by atoms with Gasteiger partial charge in [0, 0.05) is 64.7 Å². The highest BCUT2D eigenvalue weighted by Crippen LogP contribution is 2.18. The third-order valence-electron chi connectivity index (χ3n) is 5.70. The Labute approximate surface area is 173 Å². The van der Waals surface area contributed by atoms with Crippen molar-refractivity contribution in [1.82, 2.24) is 25.3 Å². The van der Waals surface area contributed by atoms with Crippen LogP contribution in [-0.2, 0) is 14.4 Å². The van der Waals surface area contributed by atoms with E-state index in [2.05, 4.69) is 32.4 Å². The molecule has 2 fully saturated rings. The van der Waals surface area contributed by atoms with Crippen LogP contribution in [0.25, 0.3) is 0 Å². The van der Waals surface area contributed by atoms with Crippen molar-refractivity contribution in [3.63, 3.8) is 0 Å². The van der Waals surface area contributed by atoms with E-state index in [-0.39, 0.29) is 18.2 Å². The summed E-state index contributed by atoms with van der Waals surface area (Å²) in [5.41, 5.74) is 0. The SMILES string of the molecule is C[15N]1[13CH2][13CH2]N([13CH2][13CH]2[13CH2][13CH2][13CH2]N2CC(=O)[15NH]CCC[13C](=O)[15NH]CCC[13C](=O)O)[13CH2][13CH2]1. The van der Waals surface area contributed by atoms with Gasteiger partial charge in [-0.05, 0) is 39.3 Å². The number of carbonyl (C=O) groups is 3. The van der Waals surface area contributed by atoms with Gasteiger partial charge >= 0.3 is 5.97 Å². The molecule has 2 rings (SSSR count). The Bertz CT molecular complexity index is 537. The molecule has 2 heterocycles. The molecular formula is C20H37N5O4. The number of amides is 2. The van der Waals surface area contributed by atoms with Gasteiger partial charge in [0.2, 0.25) is 11.8 Å². The summed E-state index contributed by atoms with van der Waals surface area (Å²) in [6.07, 6.45) is 3.71. The minimum absolute atomic E-state index is 0.0251. The molecule has 0 saturated carbocycles. The number of piperazine rings is 1. The average molecular weight is 425 g/mol. The van der Waals surface area contributed by atoms with E-state index >= 15 is 0 Å². The minimum atomic E-state index is -0.856. The number of nitrogens with one attached hydrogen (secondary N) is 2. The summed E-state index contributed by atoms with van der Waals surface area (Å²) in [5.74, 6) is -0.931. The molecule has 9 heteroatoms. The lowest BCUT2D eigenvalue weighted by Gasteiger charge is -2.36. The van der Waals surface area contributed by atoms with E-state index < -0.39 is 5.97 Å². The highest BCUT2D eigenvalue weighted by atomic mass is 16.5. The molecule has 9 nitrogen and oxygen atoms in total. The third kappa shape index (κ3) is 9.56. The molecule has 2 amide bonds. The predicted octanol–water partition coefficient (Wildman–Crippen LogP) is -0.424. The number of hydrogen-bond acceptors (Lipinski definition) is 6. The van der Waals surface area contributed by atoms with Gasteiger partial charge in [0.15, 0.2) is 0 Å². The zero-order valence-electron chi connectivity index (χ0n) is 17.7. The van der Waals surface area contributed by atoms with E-state index in [4.69, 9.17) is 5.11 Å². The number of hydrogen-bond donors (Lipinski definition) is 3. The lowest BCUT2D eigenvalue weighted by molar-refractivity contribution is -0.137. The molecule has 0 aromatic carbocycles. The molecule has 0 aromatic heterocycles. The largest absolute Gasteiger partial charge is 0.481 e. The first-order chi connectivity index (χ1) is 13.9. The number of nitrogens with zero attached hydrogens (tertiary/aromatic N) is 3.